The summed E-state index contributed by atoms with van der Waals surface area (Å²) in [5, 5.41) is 3.32. The number of unbranched alkanes of at least 4 members (excludes halogenated alkanes) is 2. The molecule has 104 valence electrons. The molecule has 0 saturated carbocycles. The van der Waals surface area contributed by atoms with E-state index in [9.17, 15) is 0 Å². The smallest absolute Gasteiger partial charge is 0.213 e. The van der Waals surface area contributed by atoms with Crippen LogP contribution in [0.1, 0.15) is 19.3 Å². The Morgan fingerprint density at radius 2 is 2.06 bits per heavy atom. The van der Waals surface area contributed by atoms with Crippen molar-refractivity contribution in [1.82, 2.24) is 10.3 Å². The Hall–Kier alpha value is 0.280. The van der Waals surface area contributed by atoms with Gasteiger partial charge in [-0.15, -0.1) is 12.4 Å². The second-order valence-electron chi connectivity index (χ2n) is 3.70. The molecule has 1 aromatic heterocycles. The van der Waals surface area contributed by atoms with E-state index in [0.717, 1.165) is 41.3 Å². The van der Waals surface area contributed by atoms with E-state index in [0.29, 0.717) is 0 Å². The van der Waals surface area contributed by atoms with Gasteiger partial charge in [-0.1, -0.05) is 0 Å². The van der Waals surface area contributed by atoms with Gasteiger partial charge in [0, 0.05) is 28.1 Å². The Bertz CT molecular complexity index is 301. The maximum Gasteiger partial charge on any atom is 0.213 e. The largest absolute Gasteiger partial charge is 0.478 e. The Balaban J connectivity index is 0.00000289. The summed E-state index contributed by atoms with van der Waals surface area (Å²) in [4.78, 5) is 4.19. The minimum absolute atomic E-state index is 0. The normalized spacial score (nSPS) is 9.89. The first-order valence-corrected chi connectivity index (χ1v) is 7.60. The van der Waals surface area contributed by atoms with E-state index >= 15 is 0 Å². The van der Waals surface area contributed by atoms with Gasteiger partial charge in [0.25, 0.3) is 0 Å². The predicted molar refractivity (Wildman–Crippen MR) is 90.3 cm³/mol. The molecule has 0 unspecified atom stereocenters. The van der Waals surface area contributed by atoms with Crippen LogP contribution < -0.4 is 10.1 Å². The number of rotatable bonds is 9. The van der Waals surface area contributed by atoms with Crippen LogP contribution in [0.25, 0.3) is 0 Å². The van der Waals surface area contributed by atoms with Crippen molar-refractivity contribution in [1.29, 1.82) is 0 Å². The molecule has 18 heavy (non-hydrogen) atoms. The van der Waals surface area contributed by atoms with Crippen molar-refractivity contribution in [3.05, 3.63) is 21.9 Å². The maximum absolute atomic E-state index is 5.54. The van der Waals surface area contributed by atoms with Crippen LogP contribution in [0.2, 0.25) is 0 Å². The Kier molecular flexibility index (Phi) is 12.5. The maximum atomic E-state index is 5.54. The van der Waals surface area contributed by atoms with Crippen molar-refractivity contribution in [2.45, 2.75) is 19.3 Å². The summed E-state index contributed by atoms with van der Waals surface area (Å²) in [5.74, 6) is 1.63. The van der Waals surface area contributed by atoms with Crippen LogP contribution in [0.3, 0.4) is 0 Å². The Morgan fingerprint density at radius 1 is 1.22 bits per heavy atom. The third kappa shape index (κ3) is 9.24. The van der Waals surface area contributed by atoms with Gasteiger partial charge in [0.15, 0.2) is 0 Å². The molecule has 0 spiro atoms. The predicted octanol–water partition coefficient (Wildman–Crippen LogP) is 3.18. The van der Waals surface area contributed by atoms with Gasteiger partial charge in [-0.25, -0.2) is 4.98 Å². The number of ether oxygens (including phenoxy) is 1. The molecule has 0 aliphatic heterocycles. The van der Waals surface area contributed by atoms with Crippen molar-refractivity contribution >= 4 is 47.6 Å². The van der Waals surface area contributed by atoms with Crippen LogP contribution >= 0.6 is 47.6 Å². The average Bonchev–Trinajstić information content (AvgIpc) is 2.35. The van der Waals surface area contributed by atoms with Crippen LogP contribution in [0, 0.1) is 3.57 Å². The molecule has 1 aromatic rings. The zero-order valence-electron chi connectivity index (χ0n) is 10.3. The first kappa shape index (κ1) is 18.3. The molecular formula is C12H20ClIN2OS. The molecule has 0 atom stereocenters. The van der Waals surface area contributed by atoms with Gasteiger partial charge in [0.05, 0.1) is 6.61 Å². The SMILES string of the molecule is Cl.SCCNCCCCCOc1ccc(I)cn1. The molecule has 0 aromatic carbocycles. The van der Waals surface area contributed by atoms with Crippen LogP contribution in [-0.4, -0.2) is 30.4 Å². The fraction of sp³-hybridized carbons (Fsp3) is 0.583. The lowest BCUT2D eigenvalue weighted by atomic mass is 10.2. The fourth-order valence-electron chi connectivity index (χ4n) is 1.36. The van der Waals surface area contributed by atoms with Crippen LogP contribution in [-0.2, 0) is 0 Å². The average molecular weight is 403 g/mol. The third-order valence-corrected chi connectivity index (χ3v) is 3.10. The first-order chi connectivity index (χ1) is 8.33. The van der Waals surface area contributed by atoms with Crippen LogP contribution in [0.4, 0.5) is 0 Å². The number of pyridine rings is 1. The first-order valence-electron chi connectivity index (χ1n) is 5.89. The molecule has 1 heterocycles. The molecule has 3 nitrogen and oxygen atoms in total. The van der Waals surface area contributed by atoms with Crippen molar-refractivity contribution in [3.8, 4) is 5.88 Å². The van der Waals surface area contributed by atoms with E-state index in [1.165, 1.54) is 12.8 Å². The highest BCUT2D eigenvalue weighted by Gasteiger charge is 1.95. The zero-order valence-corrected chi connectivity index (χ0v) is 14.1. The van der Waals surface area contributed by atoms with Crippen molar-refractivity contribution in [2.75, 3.05) is 25.4 Å². The quantitative estimate of drug-likeness (QED) is 0.378. The van der Waals surface area contributed by atoms with Crippen molar-refractivity contribution < 1.29 is 4.74 Å². The molecule has 0 amide bonds. The second kappa shape index (κ2) is 12.3. The number of halogens is 2. The molecule has 0 radical (unpaired) electrons. The molecule has 6 heteroatoms. The summed E-state index contributed by atoms with van der Waals surface area (Å²) in [5.41, 5.74) is 0. The highest BCUT2D eigenvalue weighted by molar-refractivity contribution is 14.1. The summed E-state index contributed by atoms with van der Waals surface area (Å²) in [6.07, 6.45) is 5.27. The van der Waals surface area contributed by atoms with E-state index in [1.807, 2.05) is 18.3 Å². The van der Waals surface area contributed by atoms with Gasteiger partial charge in [-0.3, -0.25) is 0 Å². The van der Waals surface area contributed by atoms with Crippen molar-refractivity contribution in [2.24, 2.45) is 0 Å². The van der Waals surface area contributed by atoms with E-state index < -0.39 is 0 Å². The zero-order chi connectivity index (χ0) is 12.3. The Labute approximate surface area is 134 Å². The third-order valence-electron chi connectivity index (χ3n) is 2.24. The van der Waals surface area contributed by atoms with Gasteiger partial charge in [0.2, 0.25) is 5.88 Å². The van der Waals surface area contributed by atoms with Crippen LogP contribution in [0.15, 0.2) is 18.3 Å². The number of nitrogens with zero attached hydrogens (tertiary/aromatic N) is 1. The summed E-state index contributed by atoms with van der Waals surface area (Å²) < 4.78 is 6.67. The van der Waals surface area contributed by atoms with E-state index in [4.69, 9.17) is 4.74 Å². The summed E-state index contributed by atoms with van der Waals surface area (Å²) in [7, 11) is 0. The highest BCUT2D eigenvalue weighted by atomic mass is 127. The lowest BCUT2D eigenvalue weighted by Gasteiger charge is -2.05. The molecule has 0 aliphatic carbocycles. The molecule has 0 fully saturated rings. The lowest BCUT2D eigenvalue weighted by Crippen LogP contribution is -2.17. The van der Waals surface area contributed by atoms with Crippen molar-refractivity contribution in [3.63, 3.8) is 0 Å². The van der Waals surface area contributed by atoms with Gasteiger partial charge >= 0.3 is 0 Å². The minimum Gasteiger partial charge on any atom is -0.478 e. The topological polar surface area (TPSA) is 34.1 Å². The molecule has 1 rings (SSSR count). The molecule has 1 N–H and O–H groups in total. The Morgan fingerprint density at radius 3 is 2.72 bits per heavy atom. The van der Waals surface area contributed by atoms with Gasteiger partial charge in [0.1, 0.15) is 0 Å². The molecular weight excluding hydrogens is 383 g/mol. The molecule has 0 bridgehead atoms. The minimum atomic E-state index is 0. The standard InChI is InChI=1S/C12H19IN2OS.ClH/c13-11-4-5-12(15-10-11)16-8-3-1-2-6-14-7-9-17;/h4-5,10,14,17H,1-3,6-9H2;1H. The molecule has 0 aliphatic rings. The van der Waals surface area contributed by atoms with Gasteiger partial charge in [-0.05, 0) is 54.5 Å². The highest BCUT2D eigenvalue weighted by Crippen LogP contribution is 2.09. The van der Waals surface area contributed by atoms with Gasteiger partial charge < -0.3 is 10.1 Å². The number of hydrogen-bond acceptors (Lipinski definition) is 4. The lowest BCUT2D eigenvalue weighted by molar-refractivity contribution is 0.293. The molecule has 0 saturated heterocycles. The monoisotopic (exact) mass is 402 g/mol. The van der Waals surface area contributed by atoms with E-state index in [2.05, 4.69) is 45.5 Å². The summed E-state index contributed by atoms with van der Waals surface area (Å²) >= 11 is 6.37. The second-order valence-corrected chi connectivity index (χ2v) is 5.39. The number of aromatic nitrogens is 1. The van der Waals surface area contributed by atoms with E-state index in [1.54, 1.807) is 0 Å². The van der Waals surface area contributed by atoms with Crippen LogP contribution in [0.5, 0.6) is 5.88 Å². The number of nitrogens with one attached hydrogen (secondary N) is 1. The van der Waals surface area contributed by atoms with Gasteiger partial charge in [-0.2, -0.15) is 12.6 Å². The number of hydrogen-bond donors (Lipinski definition) is 2. The summed E-state index contributed by atoms with van der Waals surface area (Å²) in [6.45, 7) is 2.81. The number of thiol groups is 1. The summed E-state index contributed by atoms with van der Waals surface area (Å²) in [6, 6.07) is 3.92. The van der Waals surface area contributed by atoms with E-state index in [-0.39, 0.29) is 12.4 Å². The fourth-order valence-corrected chi connectivity index (χ4v) is 1.83.